The molecule has 0 aliphatic heterocycles. The summed E-state index contributed by atoms with van der Waals surface area (Å²) < 4.78 is 0. The predicted octanol–water partition coefficient (Wildman–Crippen LogP) is 1.75. The highest BCUT2D eigenvalue weighted by Gasteiger charge is 2.18. The molecule has 94 valence electrons. The van der Waals surface area contributed by atoms with E-state index in [4.69, 9.17) is 5.73 Å². The van der Waals surface area contributed by atoms with Gasteiger partial charge in [0, 0.05) is 23.8 Å². The van der Waals surface area contributed by atoms with Gasteiger partial charge in [-0.3, -0.25) is 0 Å². The fourth-order valence-corrected chi connectivity index (χ4v) is 2.32. The van der Waals surface area contributed by atoms with E-state index in [1.807, 2.05) is 0 Å². The van der Waals surface area contributed by atoms with Crippen molar-refractivity contribution in [3.8, 4) is 0 Å². The van der Waals surface area contributed by atoms with Gasteiger partial charge >= 0.3 is 0 Å². The number of nitrogens with zero attached hydrogens (tertiary/aromatic N) is 2. The second kappa shape index (κ2) is 5.45. The number of fused-ring (bicyclic) bond motifs is 1. The molecule has 0 radical (unpaired) electrons. The van der Waals surface area contributed by atoms with Crippen LogP contribution < -0.4 is 11.1 Å². The number of nitrogens with two attached hydrogens (primary N) is 1. The van der Waals surface area contributed by atoms with E-state index in [1.165, 1.54) is 24.1 Å². The molecule has 17 heavy (non-hydrogen) atoms. The summed E-state index contributed by atoms with van der Waals surface area (Å²) in [5, 5.41) is 3.48. The number of anilines is 1. The van der Waals surface area contributed by atoms with Gasteiger partial charge in [0.25, 0.3) is 0 Å². The summed E-state index contributed by atoms with van der Waals surface area (Å²) in [7, 11) is 0. The van der Waals surface area contributed by atoms with Crippen LogP contribution in [0.5, 0.6) is 0 Å². The Morgan fingerprint density at radius 2 is 2.06 bits per heavy atom. The van der Waals surface area contributed by atoms with E-state index < -0.39 is 0 Å². The maximum Gasteiger partial charge on any atom is 0.133 e. The quantitative estimate of drug-likeness (QED) is 0.833. The Morgan fingerprint density at radius 1 is 1.29 bits per heavy atom. The highest BCUT2D eigenvalue weighted by molar-refractivity contribution is 5.47. The Labute approximate surface area is 103 Å². The molecule has 4 nitrogen and oxygen atoms in total. The fraction of sp³-hybridized carbons (Fsp3) is 0.692. The molecule has 0 amide bonds. The fourth-order valence-electron chi connectivity index (χ4n) is 2.32. The minimum atomic E-state index is 0.288. The molecular weight excluding hydrogens is 212 g/mol. The van der Waals surface area contributed by atoms with E-state index in [2.05, 4.69) is 29.1 Å². The zero-order valence-corrected chi connectivity index (χ0v) is 10.7. The largest absolute Gasteiger partial charge is 0.365 e. The summed E-state index contributed by atoms with van der Waals surface area (Å²) in [4.78, 5) is 8.76. The van der Waals surface area contributed by atoms with Crippen molar-refractivity contribution in [2.24, 2.45) is 11.7 Å². The zero-order valence-electron chi connectivity index (χ0n) is 10.7. The Bertz CT molecular complexity index is 376. The first-order chi connectivity index (χ1) is 8.22. The normalized spacial score (nSPS) is 16.7. The lowest BCUT2D eigenvalue weighted by molar-refractivity contribution is 0.528. The molecule has 0 fully saturated rings. The summed E-state index contributed by atoms with van der Waals surface area (Å²) in [6.07, 6.45) is 6.33. The number of hydrogen-bond donors (Lipinski definition) is 2. The lowest BCUT2D eigenvalue weighted by Crippen LogP contribution is -2.34. The van der Waals surface area contributed by atoms with Crippen molar-refractivity contribution >= 4 is 5.82 Å². The molecule has 0 saturated carbocycles. The standard InChI is InChI=1S/C13H22N4/c1-9(2)12(7-14)17-13-10-5-3-4-6-11(10)15-8-16-13/h8-9,12H,3-7,14H2,1-2H3,(H,15,16,17). The molecule has 1 aromatic rings. The third-order valence-electron chi connectivity index (χ3n) is 3.51. The van der Waals surface area contributed by atoms with E-state index in [0.717, 1.165) is 18.7 Å². The van der Waals surface area contributed by atoms with Crippen LogP contribution in [-0.4, -0.2) is 22.6 Å². The van der Waals surface area contributed by atoms with Crippen LogP contribution in [0.2, 0.25) is 0 Å². The first-order valence-corrected chi connectivity index (χ1v) is 6.51. The van der Waals surface area contributed by atoms with Crippen molar-refractivity contribution in [2.75, 3.05) is 11.9 Å². The van der Waals surface area contributed by atoms with E-state index >= 15 is 0 Å². The second-order valence-corrected chi connectivity index (χ2v) is 5.09. The van der Waals surface area contributed by atoms with Crippen molar-refractivity contribution in [1.29, 1.82) is 0 Å². The van der Waals surface area contributed by atoms with Crippen LogP contribution in [-0.2, 0) is 12.8 Å². The molecule has 0 spiro atoms. The van der Waals surface area contributed by atoms with Gasteiger partial charge in [0.1, 0.15) is 12.1 Å². The monoisotopic (exact) mass is 234 g/mol. The predicted molar refractivity (Wildman–Crippen MR) is 70.0 cm³/mol. The summed E-state index contributed by atoms with van der Waals surface area (Å²) in [6, 6.07) is 0.288. The minimum Gasteiger partial charge on any atom is -0.365 e. The molecule has 0 aromatic carbocycles. The second-order valence-electron chi connectivity index (χ2n) is 5.09. The van der Waals surface area contributed by atoms with Gasteiger partial charge < -0.3 is 11.1 Å². The maximum absolute atomic E-state index is 5.79. The molecule has 0 saturated heterocycles. The summed E-state index contributed by atoms with van der Waals surface area (Å²) in [5.41, 5.74) is 8.31. The average molecular weight is 234 g/mol. The minimum absolute atomic E-state index is 0.288. The number of nitrogens with one attached hydrogen (secondary N) is 1. The summed E-state index contributed by atoms with van der Waals surface area (Å²) in [5.74, 6) is 1.51. The number of rotatable bonds is 4. The Morgan fingerprint density at radius 3 is 2.76 bits per heavy atom. The van der Waals surface area contributed by atoms with Crippen molar-refractivity contribution in [3.05, 3.63) is 17.6 Å². The molecule has 1 aliphatic rings. The first kappa shape index (κ1) is 12.3. The van der Waals surface area contributed by atoms with E-state index in [1.54, 1.807) is 6.33 Å². The van der Waals surface area contributed by atoms with E-state index in [0.29, 0.717) is 12.5 Å². The topological polar surface area (TPSA) is 63.8 Å². The van der Waals surface area contributed by atoms with Crippen molar-refractivity contribution in [1.82, 2.24) is 9.97 Å². The van der Waals surface area contributed by atoms with Crippen LogP contribution in [0.15, 0.2) is 6.33 Å². The molecule has 1 aromatic heterocycles. The summed E-state index contributed by atoms with van der Waals surface area (Å²) >= 11 is 0. The highest BCUT2D eigenvalue weighted by Crippen LogP contribution is 2.25. The smallest absolute Gasteiger partial charge is 0.133 e. The molecule has 1 heterocycles. The molecule has 1 atom stereocenters. The van der Waals surface area contributed by atoms with Crippen molar-refractivity contribution in [2.45, 2.75) is 45.6 Å². The average Bonchev–Trinajstić information content (AvgIpc) is 2.35. The molecule has 1 aliphatic carbocycles. The lowest BCUT2D eigenvalue weighted by Gasteiger charge is -2.24. The van der Waals surface area contributed by atoms with Crippen molar-refractivity contribution < 1.29 is 0 Å². The van der Waals surface area contributed by atoms with Crippen LogP contribution in [0.25, 0.3) is 0 Å². The Kier molecular flexibility index (Phi) is 3.94. The SMILES string of the molecule is CC(C)C(CN)Nc1ncnc2c1CCCC2. The molecule has 3 N–H and O–H groups in total. The van der Waals surface area contributed by atoms with Gasteiger partial charge in [-0.25, -0.2) is 9.97 Å². The Balaban J connectivity index is 2.20. The molecular formula is C13H22N4. The number of hydrogen-bond acceptors (Lipinski definition) is 4. The molecule has 1 unspecified atom stereocenters. The number of aryl methyl sites for hydroxylation is 1. The highest BCUT2D eigenvalue weighted by atomic mass is 15.1. The van der Waals surface area contributed by atoms with Crippen LogP contribution in [0.4, 0.5) is 5.82 Å². The van der Waals surface area contributed by atoms with Gasteiger partial charge in [0.05, 0.1) is 0 Å². The molecule has 4 heteroatoms. The van der Waals surface area contributed by atoms with E-state index in [9.17, 15) is 0 Å². The molecule has 0 bridgehead atoms. The third-order valence-corrected chi connectivity index (χ3v) is 3.51. The van der Waals surface area contributed by atoms with Crippen LogP contribution in [0.1, 0.15) is 37.9 Å². The van der Waals surface area contributed by atoms with Crippen LogP contribution in [0.3, 0.4) is 0 Å². The Hall–Kier alpha value is -1.16. The number of aromatic nitrogens is 2. The lowest BCUT2D eigenvalue weighted by atomic mass is 9.96. The van der Waals surface area contributed by atoms with Crippen LogP contribution in [0, 0.1) is 5.92 Å². The van der Waals surface area contributed by atoms with Gasteiger partial charge in [-0.15, -0.1) is 0 Å². The van der Waals surface area contributed by atoms with Crippen molar-refractivity contribution in [3.63, 3.8) is 0 Å². The molecule has 2 rings (SSSR count). The zero-order chi connectivity index (χ0) is 12.3. The first-order valence-electron chi connectivity index (χ1n) is 6.51. The van der Waals surface area contributed by atoms with Gasteiger partial charge in [-0.2, -0.15) is 0 Å². The van der Waals surface area contributed by atoms with Gasteiger partial charge in [0.15, 0.2) is 0 Å². The summed E-state index contributed by atoms with van der Waals surface area (Å²) in [6.45, 7) is 4.99. The van der Waals surface area contributed by atoms with E-state index in [-0.39, 0.29) is 6.04 Å². The van der Waals surface area contributed by atoms with Gasteiger partial charge in [-0.1, -0.05) is 13.8 Å². The third kappa shape index (κ3) is 2.75. The van der Waals surface area contributed by atoms with Gasteiger partial charge in [0.2, 0.25) is 0 Å². The van der Waals surface area contributed by atoms with Crippen LogP contribution >= 0.6 is 0 Å². The maximum atomic E-state index is 5.79. The van der Waals surface area contributed by atoms with Gasteiger partial charge in [-0.05, 0) is 31.6 Å².